The molecule has 1 radical (unpaired) electrons. The molecule has 2 aromatic heterocycles. The van der Waals surface area contributed by atoms with Gasteiger partial charge in [0.05, 0.1) is 22.9 Å². The van der Waals surface area contributed by atoms with E-state index in [-0.39, 0.29) is 57.3 Å². The molecule has 2 atom stereocenters. The van der Waals surface area contributed by atoms with Crippen LogP contribution in [0.3, 0.4) is 0 Å². The Kier molecular flexibility index (Phi) is 23.8. The Labute approximate surface area is 375 Å². The SMILES string of the molecule is COC(=O)C(c1ccccc1Oc1nc(Cl)c(C(F)(F)F)s1)C(OC)OC.COC(=O)C(c1ccccc1Oc1ncc(C(F)(F)F)s1)C(OC)OC.ICI.[V]. The number of alkyl halides is 8. The van der Waals surface area contributed by atoms with Crippen LogP contribution in [-0.4, -0.2) is 79.6 Å². The van der Waals surface area contributed by atoms with Crippen molar-refractivity contribution in [3.05, 3.63) is 80.8 Å². The number of nitrogens with zero attached hydrogens (tertiary/aromatic N) is 2. The smallest absolute Gasteiger partial charge is 0.428 e. The second-order valence-corrected chi connectivity index (χ2v) is 16.9. The van der Waals surface area contributed by atoms with E-state index in [2.05, 4.69) is 55.1 Å². The molecule has 0 N–H and O–H groups in total. The van der Waals surface area contributed by atoms with Crippen LogP contribution < -0.4 is 9.47 Å². The fraction of sp³-hybridized carbons (Fsp3) is 0.394. The number of thiazole rings is 2. The zero-order valence-corrected chi connectivity index (χ0v) is 38.5. The maximum Gasteiger partial charge on any atom is 0.428 e. The van der Waals surface area contributed by atoms with Gasteiger partial charge >= 0.3 is 24.3 Å². The molecule has 2 unspecified atom stereocenters. The molecule has 0 aliphatic carbocycles. The van der Waals surface area contributed by atoms with Gasteiger partial charge in [-0.2, -0.15) is 31.3 Å². The number of aromatic nitrogens is 2. The molecule has 12 nitrogen and oxygen atoms in total. The molecule has 4 rings (SSSR count). The Hall–Kier alpha value is -2.01. The second-order valence-electron chi connectivity index (χ2n) is 10.1. The Morgan fingerprint density at radius 2 is 1.11 bits per heavy atom. The van der Waals surface area contributed by atoms with Crippen LogP contribution in [0.15, 0.2) is 54.7 Å². The van der Waals surface area contributed by atoms with Gasteiger partial charge < -0.3 is 37.9 Å². The maximum atomic E-state index is 12.9. The molecule has 0 aliphatic heterocycles. The average Bonchev–Trinajstić information content (AvgIpc) is 3.80. The first kappa shape index (κ1) is 53.0. The fourth-order valence-electron chi connectivity index (χ4n) is 4.55. The molecule has 0 saturated heterocycles. The van der Waals surface area contributed by atoms with Gasteiger partial charge in [0.1, 0.15) is 28.2 Å². The molecule has 0 saturated carbocycles. The molecule has 2 heterocycles. The van der Waals surface area contributed by atoms with Gasteiger partial charge in [0.2, 0.25) is 0 Å². The zero-order chi connectivity index (χ0) is 42.2. The summed E-state index contributed by atoms with van der Waals surface area (Å²) in [6, 6.07) is 12.5. The number of ether oxygens (including phenoxy) is 8. The standard InChI is InChI=1S/C16H15ClF3NO5S.C16H16F3NO5S.CH2I2.V/c1-23-13(22)10(14(24-2)25-3)8-6-4-5-7-9(8)26-15-21-12(17)11(27-15)16(18,19)20;1-22-13(21)12(14(23-2)24-3)9-6-4-5-7-10(9)25-15-20-8-11(26-15)16(17,18)19;2-1-3;/h4-7,10,14H,1-3H3;4-8,12,14H,1-3H3;1H2;. The molecular weight excluding hydrogens is 1100 g/mol. The van der Waals surface area contributed by atoms with Crippen molar-refractivity contribution in [3.63, 3.8) is 0 Å². The van der Waals surface area contributed by atoms with E-state index in [0.717, 1.165) is 0 Å². The summed E-state index contributed by atoms with van der Waals surface area (Å²) in [7, 11) is 7.77. The molecule has 2 aromatic carbocycles. The van der Waals surface area contributed by atoms with Crippen molar-refractivity contribution in [1.82, 2.24) is 9.97 Å². The molecular formula is C33H33ClF6I2N2O10S2V. The van der Waals surface area contributed by atoms with Crippen molar-refractivity contribution in [1.29, 1.82) is 0 Å². The van der Waals surface area contributed by atoms with E-state index in [1.165, 1.54) is 57.2 Å². The topological polar surface area (TPSA) is 134 Å². The van der Waals surface area contributed by atoms with Crippen LogP contribution >= 0.6 is 79.5 Å². The maximum absolute atomic E-state index is 12.9. The summed E-state index contributed by atoms with van der Waals surface area (Å²) in [5.41, 5.74) is 0.620. The number of para-hydroxylation sites is 2. The van der Waals surface area contributed by atoms with E-state index in [1.807, 2.05) is 0 Å². The number of hydrogen-bond donors (Lipinski definition) is 0. The minimum atomic E-state index is -4.65. The Bertz CT molecular complexity index is 1840. The van der Waals surface area contributed by atoms with Crippen molar-refractivity contribution < 1.29 is 92.4 Å². The number of halogens is 9. The van der Waals surface area contributed by atoms with E-state index in [0.29, 0.717) is 23.1 Å². The minimum absolute atomic E-state index is 0. The van der Waals surface area contributed by atoms with Crippen LogP contribution in [0, 0.1) is 0 Å². The third-order valence-corrected chi connectivity index (χ3v) is 9.16. The van der Waals surface area contributed by atoms with Crippen LogP contribution in [0.1, 0.15) is 32.7 Å². The summed E-state index contributed by atoms with van der Waals surface area (Å²) in [4.78, 5) is 29.7. The van der Waals surface area contributed by atoms with Crippen molar-refractivity contribution in [2.45, 2.75) is 36.8 Å². The van der Waals surface area contributed by atoms with Gasteiger partial charge in [0.15, 0.2) is 22.6 Å². The Morgan fingerprint density at radius 1 is 0.702 bits per heavy atom. The van der Waals surface area contributed by atoms with Gasteiger partial charge in [-0.1, -0.05) is 116 Å². The van der Waals surface area contributed by atoms with Gasteiger partial charge in [-0.3, -0.25) is 9.59 Å². The number of esters is 2. The van der Waals surface area contributed by atoms with E-state index in [4.69, 9.17) is 49.5 Å². The number of hydrogen-bond acceptors (Lipinski definition) is 14. The molecule has 0 spiro atoms. The van der Waals surface area contributed by atoms with Crippen LogP contribution in [0.25, 0.3) is 0 Å². The van der Waals surface area contributed by atoms with Crippen molar-refractivity contribution >= 4 is 91.4 Å². The first-order valence-corrected chi connectivity index (χ1v) is 20.2. The number of carbonyl (C=O) groups is 2. The first-order chi connectivity index (χ1) is 26.4. The largest absolute Gasteiger partial charge is 0.468 e. The van der Waals surface area contributed by atoms with Crippen LogP contribution in [0.5, 0.6) is 21.9 Å². The summed E-state index contributed by atoms with van der Waals surface area (Å²) >= 11 is 10.7. The molecule has 0 fully saturated rings. The van der Waals surface area contributed by atoms with E-state index < -0.39 is 63.6 Å². The molecule has 0 bridgehead atoms. The predicted octanol–water partition coefficient (Wildman–Crippen LogP) is 10.1. The normalized spacial score (nSPS) is 12.3. The molecule has 0 amide bonds. The second kappa shape index (κ2) is 25.6. The van der Waals surface area contributed by atoms with E-state index in [9.17, 15) is 35.9 Å². The number of methoxy groups -OCH3 is 6. The average molecular weight is 1140 g/mol. The van der Waals surface area contributed by atoms with E-state index in [1.54, 1.807) is 36.4 Å². The number of rotatable bonds is 14. The van der Waals surface area contributed by atoms with Crippen LogP contribution in [-0.2, 0) is 68.9 Å². The summed E-state index contributed by atoms with van der Waals surface area (Å²) < 4.78 is 119. The first-order valence-electron chi connectivity index (χ1n) is 15.1. The van der Waals surface area contributed by atoms with Gasteiger partial charge in [0, 0.05) is 58.1 Å². The summed E-state index contributed by atoms with van der Waals surface area (Å²) in [6.45, 7) is 0. The fourth-order valence-corrected chi connectivity index (χ4v) is 6.23. The van der Waals surface area contributed by atoms with Crippen molar-refractivity contribution in [3.8, 4) is 21.9 Å². The molecule has 24 heteroatoms. The van der Waals surface area contributed by atoms with Gasteiger partial charge in [0.25, 0.3) is 10.4 Å². The van der Waals surface area contributed by atoms with E-state index >= 15 is 0 Å². The Balaban J connectivity index is 0.000000525. The molecule has 315 valence electrons. The monoisotopic (exact) mass is 1130 g/mol. The van der Waals surface area contributed by atoms with Crippen LogP contribution in [0.4, 0.5) is 26.3 Å². The van der Waals surface area contributed by atoms with Crippen molar-refractivity contribution in [2.75, 3.05) is 45.1 Å². The predicted molar refractivity (Wildman–Crippen MR) is 210 cm³/mol. The molecule has 0 aliphatic rings. The molecule has 57 heavy (non-hydrogen) atoms. The number of carbonyl (C=O) groups excluding carboxylic acids is 2. The van der Waals surface area contributed by atoms with Gasteiger partial charge in [-0.05, 0) is 12.1 Å². The third-order valence-electron chi connectivity index (χ3n) is 6.87. The number of benzene rings is 2. The minimum Gasteiger partial charge on any atom is -0.468 e. The summed E-state index contributed by atoms with van der Waals surface area (Å²) in [6.07, 6.45) is -10.5. The summed E-state index contributed by atoms with van der Waals surface area (Å²) in [5, 5.41) is -1.24. The Morgan fingerprint density at radius 3 is 1.44 bits per heavy atom. The third kappa shape index (κ3) is 15.5. The van der Waals surface area contributed by atoms with Gasteiger partial charge in [-0.25, -0.2) is 4.98 Å². The van der Waals surface area contributed by atoms with Gasteiger partial charge in [-0.15, -0.1) is 0 Å². The quantitative estimate of drug-likeness (QED) is 0.0391. The van der Waals surface area contributed by atoms with Crippen molar-refractivity contribution in [2.24, 2.45) is 0 Å². The zero-order valence-electron chi connectivity index (χ0n) is 30.4. The molecule has 4 aromatic rings. The summed E-state index contributed by atoms with van der Waals surface area (Å²) in [5.74, 6) is -3.14. The van der Waals surface area contributed by atoms with Crippen LogP contribution in [0.2, 0.25) is 5.15 Å².